The number of carboxylic acid groups (broad SMARTS) is 1. The molecule has 4 nitrogen and oxygen atoms in total. The zero-order valence-electron chi connectivity index (χ0n) is 8.23. The average Bonchev–Trinajstić information content (AvgIpc) is 2.15. The van der Waals surface area contributed by atoms with Crippen LogP contribution >= 0.6 is 0 Å². The minimum Gasteiger partial charge on any atom is -0.478 e. The summed E-state index contributed by atoms with van der Waals surface area (Å²) in [4.78, 5) is 14.5. The molecule has 0 aliphatic rings. The number of hydrogen-bond donors (Lipinski definition) is 1. The van der Waals surface area contributed by atoms with Gasteiger partial charge in [0.05, 0.1) is 18.3 Å². The van der Waals surface area contributed by atoms with E-state index in [4.69, 9.17) is 9.84 Å². The van der Waals surface area contributed by atoms with Crippen LogP contribution in [0.2, 0.25) is 0 Å². The van der Waals surface area contributed by atoms with E-state index in [1.807, 2.05) is 13.8 Å². The van der Waals surface area contributed by atoms with E-state index in [1.165, 1.54) is 6.20 Å². The van der Waals surface area contributed by atoms with E-state index < -0.39 is 5.97 Å². The van der Waals surface area contributed by atoms with Gasteiger partial charge >= 0.3 is 5.97 Å². The second kappa shape index (κ2) is 4.72. The van der Waals surface area contributed by atoms with E-state index >= 15 is 0 Å². The predicted molar refractivity (Wildman–Crippen MR) is 51.1 cm³/mol. The minimum absolute atomic E-state index is 0.0878. The molecule has 0 saturated heterocycles. The maximum Gasteiger partial charge on any atom is 0.337 e. The lowest BCUT2D eigenvalue weighted by Crippen LogP contribution is -2.08. The molecule has 0 saturated carbocycles. The molecule has 0 unspecified atom stereocenters. The van der Waals surface area contributed by atoms with Gasteiger partial charge in [0.25, 0.3) is 0 Å². The molecule has 1 N–H and O–H groups in total. The van der Waals surface area contributed by atoms with Crippen molar-refractivity contribution >= 4 is 5.97 Å². The molecule has 14 heavy (non-hydrogen) atoms. The fraction of sp³-hybridized carbons (Fsp3) is 0.400. The summed E-state index contributed by atoms with van der Waals surface area (Å²) in [6.45, 7) is 4.12. The van der Waals surface area contributed by atoms with Gasteiger partial charge in [-0.3, -0.25) is 4.98 Å². The number of rotatable bonds is 4. The molecule has 0 bridgehead atoms. The molecule has 4 heteroatoms. The molecule has 0 radical (unpaired) electrons. The predicted octanol–water partition coefficient (Wildman–Crippen LogP) is 1.70. The third-order valence-electron chi connectivity index (χ3n) is 1.71. The minimum atomic E-state index is -0.972. The fourth-order valence-electron chi connectivity index (χ4n) is 0.998. The van der Waals surface area contributed by atoms with Crippen LogP contribution in [0, 0.1) is 0 Å². The molecule has 0 fully saturated rings. The molecule has 1 aromatic heterocycles. The lowest BCUT2D eigenvalue weighted by molar-refractivity contribution is 0.0605. The van der Waals surface area contributed by atoms with Crippen molar-refractivity contribution in [1.82, 2.24) is 4.98 Å². The highest BCUT2D eigenvalue weighted by Gasteiger charge is 2.09. The summed E-state index contributed by atoms with van der Waals surface area (Å²) in [7, 11) is 0. The first-order chi connectivity index (χ1) is 6.61. The molecule has 0 aromatic carbocycles. The Labute approximate surface area is 82.5 Å². The van der Waals surface area contributed by atoms with Gasteiger partial charge in [-0.25, -0.2) is 4.79 Å². The number of aromatic carboxylic acids is 1. The standard InChI is InChI=1S/C10H13NO3/c1-7(2)14-6-8-3-4-11-5-9(8)10(12)13/h3-5,7H,6H2,1-2H3,(H,12,13). The topological polar surface area (TPSA) is 59.4 Å². The van der Waals surface area contributed by atoms with Crippen LogP contribution in [-0.4, -0.2) is 22.2 Å². The SMILES string of the molecule is CC(C)OCc1ccncc1C(=O)O. The largest absolute Gasteiger partial charge is 0.478 e. The smallest absolute Gasteiger partial charge is 0.337 e. The summed E-state index contributed by atoms with van der Waals surface area (Å²) in [5.74, 6) is -0.972. The first-order valence-electron chi connectivity index (χ1n) is 4.39. The Bertz CT molecular complexity index is 323. The molecule has 0 spiro atoms. The monoisotopic (exact) mass is 195 g/mol. The van der Waals surface area contributed by atoms with Crippen molar-refractivity contribution in [2.75, 3.05) is 0 Å². The van der Waals surface area contributed by atoms with E-state index in [-0.39, 0.29) is 11.7 Å². The van der Waals surface area contributed by atoms with Gasteiger partial charge in [0.2, 0.25) is 0 Å². The third-order valence-corrected chi connectivity index (χ3v) is 1.71. The maximum absolute atomic E-state index is 10.8. The van der Waals surface area contributed by atoms with Crippen LogP contribution < -0.4 is 0 Å². The summed E-state index contributed by atoms with van der Waals surface area (Å²) in [5.41, 5.74) is 0.856. The summed E-state index contributed by atoms with van der Waals surface area (Å²) in [5, 5.41) is 8.84. The number of nitrogens with zero attached hydrogens (tertiary/aromatic N) is 1. The summed E-state index contributed by atoms with van der Waals surface area (Å²) in [6, 6.07) is 1.66. The van der Waals surface area contributed by atoms with Crippen LogP contribution in [-0.2, 0) is 11.3 Å². The molecule has 1 aromatic rings. The van der Waals surface area contributed by atoms with Crippen LogP contribution in [0.1, 0.15) is 29.8 Å². The van der Waals surface area contributed by atoms with E-state index in [1.54, 1.807) is 12.3 Å². The molecular formula is C10H13NO3. The van der Waals surface area contributed by atoms with Crippen molar-refractivity contribution in [3.8, 4) is 0 Å². The number of aromatic nitrogens is 1. The van der Waals surface area contributed by atoms with Crippen molar-refractivity contribution in [2.24, 2.45) is 0 Å². The van der Waals surface area contributed by atoms with Gasteiger partial charge in [-0.15, -0.1) is 0 Å². The Balaban J connectivity index is 2.79. The van der Waals surface area contributed by atoms with Gasteiger partial charge in [0.15, 0.2) is 0 Å². The Kier molecular flexibility index (Phi) is 3.59. The van der Waals surface area contributed by atoms with Crippen LogP contribution in [0.15, 0.2) is 18.5 Å². The van der Waals surface area contributed by atoms with Gasteiger partial charge in [-0.2, -0.15) is 0 Å². The Morgan fingerprint density at radius 2 is 2.36 bits per heavy atom. The van der Waals surface area contributed by atoms with Gasteiger partial charge in [-0.05, 0) is 25.5 Å². The third kappa shape index (κ3) is 2.81. The molecular weight excluding hydrogens is 182 g/mol. The van der Waals surface area contributed by atoms with Crippen molar-refractivity contribution in [3.63, 3.8) is 0 Å². The van der Waals surface area contributed by atoms with Crippen LogP contribution in [0.25, 0.3) is 0 Å². The summed E-state index contributed by atoms with van der Waals surface area (Å²) in [6.07, 6.45) is 2.98. The first kappa shape index (κ1) is 10.7. The Morgan fingerprint density at radius 3 is 2.93 bits per heavy atom. The van der Waals surface area contributed by atoms with Gasteiger partial charge in [-0.1, -0.05) is 0 Å². The van der Waals surface area contributed by atoms with Gasteiger partial charge < -0.3 is 9.84 Å². The molecule has 1 rings (SSSR count). The normalized spacial score (nSPS) is 10.5. The van der Waals surface area contributed by atoms with Crippen LogP contribution in [0.5, 0.6) is 0 Å². The van der Waals surface area contributed by atoms with E-state index in [0.717, 1.165) is 0 Å². The summed E-state index contributed by atoms with van der Waals surface area (Å²) >= 11 is 0. The van der Waals surface area contributed by atoms with Crippen molar-refractivity contribution in [2.45, 2.75) is 26.6 Å². The fourth-order valence-corrected chi connectivity index (χ4v) is 0.998. The van der Waals surface area contributed by atoms with Crippen molar-refractivity contribution in [1.29, 1.82) is 0 Å². The lowest BCUT2D eigenvalue weighted by Gasteiger charge is -2.08. The van der Waals surface area contributed by atoms with E-state index in [0.29, 0.717) is 12.2 Å². The van der Waals surface area contributed by atoms with Crippen LogP contribution in [0.3, 0.4) is 0 Å². The van der Waals surface area contributed by atoms with Crippen LogP contribution in [0.4, 0.5) is 0 Å². The van der Waals surface area contributed by atoms with E-state index in [9.17, 15) is 4.79 Å². The quantitative estimate of drug-likeness (QED) is 0.794. The highest BCUT2D eigenvalue weighted by molar-refractivity contribution is 5.88. The maximum atomic E-state index is 10.8. The Hall–Kier alpha value is -1.42. The number of carbonyl (C=O) groups is 1. The molecule has 0 aliphatic heterocycles. The molecule has 0 aliphatic carbocycles. The highest BCUT2D eigenvalue weighted by atomic mass is 16.5. The molecule has 0 atom stereocenters. The van der Waals surface area contributed by atoms with Gasteiger partial charge in [0, 0.05) is 12.4 Å². The zero-order valence-corrected chi connectivity index (χ0v) is 8.23. The second-order valence-electron chi connectivity index (χ2n) is 3.20. The number of ether oxygens (including phenoxy) is 1. The first-order valence-corrected chi connectivity index (χ1v) is 4.39. The van der Waals surface area contributed by atoms with Crippen molar-refractivity contribution in [3.05, 3.63) is 29.6 Å². The van der Waals surface area contributed by atoms with Gasteiger partial charge in [0.1, 0.15) is 0 Å². The highest BCUT2D eigenvalue weighted by Crippen LogP contribution is 2.09. The summed E-state index contributed by atoms with van der Waals surface area (Å²) < 4.78 is 5.33. The Morgan fingerprint density at radius 1 is 1.64 bits per heavy atom. The molecule has 0 amide bonds. The van der Waals surface area contributed by atoms with E-state index in [2.05, 4.69) is 4.98 Å². The number of hydrogen-bond acceptors (Lipinski definition) is 3. The average molecular weight is 195 g/mol. The molecule has 1 heterocycles. The molecule has 76 valence electrons. The number of pyridine rings is 1. The zero-order chi connectivity index (χ0) is 10.6. The van der Waals surface area contributed by atoms with Crippen molar-refractivity contribution < 1.29 is 14.6 Å². The number of carboxylic acids is 1. The lowest BCUT2D eigenvalue weighted by atomic mass is 10.1. The second-order valence-corrected chi connectivity index (χ2v) is 3.20.